The van der Waals surface area contributed by atoms with Gasteiger partial charge >= 0.3 is 5.97 Å². The lowest BCUT2D eigenvalue weighted by Gasteiger charge is -2.23. The monoisotopic (exact) mass is 410 g/mol. The maximum atomic E-state index is 12.4. The molecule has 1 amide bonds. The molecule has 2 aromatic rings. The highest BCUT2D eigenvalue weighted by Crippen LogP contribution is 2.23. The zero-order chi connectivity index (χ0) is 20.2. The number of rotatable bonds is 6. The predicted octanol–water partition coefficient (Wildman–Crippen LogP) is 2.84. The van der Waals surface area contributed by atoms with Gasteiger partial charge in [0.1, 0.15) is 6.54 Å². The van der Waals surface area contributed by atoms with E-state index < -0.39 is 28.4 Å². The van der Waals surface area contributed by atoms with Gasteiger partial charge in [-0.05, 0) is 36.8 Å². The normalized spacial score (nSPS) is 11.0. The summed E-state index contributed by atoms with van der Waals surface area (Å²) in [7, 11) is -2.46. The largest absolute Gasteiger partial charge is 0.465 e. The summed E-state index contributed by atoms with van der Waals surface area (Å²) in [6.07, 6.45) is 1.03. The van der Waals surface area contributed by atoms with Crippen molar-refractivity contribution in [3.8, 4) is 0 Å². The van der Waals surface area contributed by atoms with Crippen molar-refractivity contribution >= 4 is 44.9 Å². The van der Waals surface area contributed by atoms with Gasteiger partial charge in [0, 0.05) is 5.69 Å². The maximum Gasteiger partial charge on any atom is 0.339 e. The van der Waals surface area contributed by atoms with E-state index in [1.807, 2.05) is 0 Å². The molecule has 0 aliphatic rings. The first kappa shape index (κ1) is 20.7. The maximum absolute atomic E-state index is 12.4. The van der Waals surface area contributed by atoms with Crippen molar-refractivity contribution in [1.82, 2.24) is 0 Å². The molecule has 7 nitrogen and oxygen atoms in total. The summed E-state index contributed by atoms with van der Waals surface area (Å²) in [5.41, 5.74) is 1.52. The molecule has 2 aromatic carbocycles. The van der Waals surface area contributed by atoms with Crippen molar-refractivity contribution < 1.29 is 22.7 Å². The quantitative estimate of drug-likeness (QED) is 0.739. The lowest BCUT2D eigenvalue weighted by atomic mass is 10.2. The van der Waals surface area contributed by atoms with Gasteiger partial charge in [0.15, 0.2) is 0 Å². The second-order valence-electron chi connectivity index (χ2n) is 5.79. The number of para-hydroxylation sites is 1. The number of halogens is 1. The fourth-order valence-electron chi connectivity index (χ4n) is 2.42. The average Bonchev–Trinajstić information content (AvgIpc) is 2.60. The number of benzene rings is 2. The van der Waals surface area contributed by atoms with E-state index in [0.29, 0.717) is 11.4 Å². The first-order valence-corrected chi connectivity index (χ1v) is 10.1. The molecule has 0 saturated carbocycles. The van der Waals surface area contributed by atoms with Gasteiger partial charge in [0.25, 0.3) is 0 Å². The zero-order valence-corrected chi connectivity index (χ0v) is 16.6. The number of nitrogens with one attached hydrogen (secondary N) is 1. The number of nitrogens with zero attached hydrogens (tertiary/aromatic N) is 1. The first-order valence-electron chi connectivity index (χ1n) is 7.84. The molecule has 1 N–H and O–H groups in total. The molecule has 0 fully saturated rings. The van der Waals surface area contributed by atoms with E-state index in [9.17, 15) is 18.0 Å². The van der Waals surface area contributed by atoms with Crippen LogP contribution in [0.1, 0.15) is 15.9 Å². The van der Waals surface area contributed by atoms with Crippen LogP contribution in [0.3, 0.4) is 0 Å². The lowest BCUT2D eigenvalue weighted by molar-refractivity contribution is -0.114. The van der Waals surface area contributed by atoms with E-state index in [2.05, 4.69) is 10.1 Å². The van der Waals surface area contributed by atoms with E-state index in [-0.39, 0.29) is 10.6 Å². The number of hydrogen-bond acceptors (Lipinski definition) is 5. The van der Waals surface area contributed by atoms with Gasteiger partial charge < -0.3 is 10.1 Å². The van der Waals surface area contributed by atoms with Gasteiger partial charge in [-0.3, -0.25) is 9.10 Å². The number of carbonyl (C=O) groups excluding carboxylic acids is 2. The topological polar surface area (TPSA) is 92.8 Å². The second kappa shape index (κ2) is 8.41. The number of carbonyl (C=O) groups is 2. The minimum Gasteiger partial charge on any atom is -0.465 e. The Kier molecular flexibility index (Phi) is 6.45. The third-order valence-corrected chi connectivity index (χ3v) is 5.18. The molecular weight excluding hydrogens is 392 g/mol. The highest BCUT2D eigenvalue weighted by molar-refractivity contribution is 7.92. The Morgan fingerprint density at radius 1 is 1.19 bits per heavy atom. The second-order valence-corrected chi connectivity index (χ2v) is 8.10. The molecule has 0 atom stereocenters. The van der Waals surface area contributed by atoms with Crippen LogP contribution in [0.4, 0.5) is 11.4 Å². The number of aryl methyl sites for hydroxylation is 1. The fourth-order valence-corrected chi connectivity index (χ4v) is 3.53. The summed E-state index contributed by atoms with van der Waals surface area (Å²) in [4.78, 5) is 24.1. The van der Waals surface area contributed by atoms with Gasteiger partial charge in [0.2, 0.25) is 15.9 Å². The number of amides is 1. The Bertz CT molecular complexity index is 975. The summed E-state index contributed by atoms with van der Waals surface area (Å²) in [5.74, 6) is -1.21. The number of ether oxygens (including phenoxy) is 1. The van der Waals surface area contributed by atoms with Crippen LogP contribution >= 0.6 is 11.6 Å². The Morgan fingerprint density at radius 2 is 1.85 bits per heavy atom. The molecule has 144 valence electrons. The molecule has 0 aromatic heterocycles. The molecule has 0 bridgehead atoms. The molecule has 27 heavy (non-hydrogen) atoms. The molecule has 0 aliphatic heterocycles. The summed E-state index contributed by atoms with van der Waals surface area (Å²) < 4.78 is 30.0. The fraction of sp³-hybridized carbons (Fsp3) is 0.222. The highest BCUT2D eigenvalue weighted by atomic mass is 35.5. The summed E-state index contributed by atoms with van der Waals surface area (Å²) in [6.45, 7) is 1.34. The lowest BCUT2D eigenvalue weighted by Crippen LogP contribution is -2.37. The number of anilines is 2. The average molecular weight is 411 g/mol. The van der Waals surface area contributed by atoms with Gasteiger partial charge in [-0.2, -0.15) is 0 Å². The molecule has 2 rings (SSSR count). The molecule has 0 saturated heterocycles. The van der Waals surface area contributed by atoms with Crippen molar-refractivity contribution in [3.63, 3.8) is 0 Å². The van der Waals surface area contributed by atoms with Crippen molar-refractivity contribution in [2.75, 3.05) is 29.5 Å². The standard InChI is InChI=1S/C18H19ClN2O5S/c1-12-6-4-5-7-16(12)21(27(3,24)25)11-17(22)20-13-8-9-15(19)14(10-13)18(23)26-2/h4-10H,11H2,1-3H3,(H,20,22). The van der Waals surface area contributed by atoms with Crippen LogP contribution in [0.2, 0.25) is 5.02 Å². The Balaban J connectivity index is 2.25. The van der Waals surface area contributed by atoms with Crippen molar-refractivity contribution in [1.29, 1.82) is 0 Å². The third-order valence-electron chi connectivity index (χ3n) is 3.73. The Hall–Kier alpha value is -2.58. The van der Waals surface area contributed by atoms with Crippen LogP contribution in [-0.2, 0) is 19.6 Å². The zero-order valence-electron chi connectivity index (χ0n) is 15.0. The SMILES string of the molecule is COC(=O)c1cc(NC(=O)CN(c2ccccc2C)S(C)(=O)=O)ccc1Cl. The Morgan fingerprint density at radius 3 is 2.44 bits per heavy atom. The molecular formula is C18H19ClN2O5S. The molecule has 0 heterocycles. The van der Waals surface area contributed by atoms with E-state index in [1.54, 1.807) is 31.2 Å². The van der Waals surface area contributed by atoms with E-state index in [0.717, 1.165) is 16.1 Å². The van der Waals surface area contributed by atoms with Gasteiger partial charge in [0.05, 0.1) is 29.6 Å². The van der Waals surface area contributed by atoms with E-state index >= 15 is 0 Å². The van der Waals surface area contributed by atoms with Gasteiger partial charge in [-0.1, -0.05) is 29.8 Å². The summed E-state index contributed by atoms with van der Waals surface area (Å²) >= 11 is 5.95. The molecule has 0 spiro atoms. The highest BCUT2D eigenvalue weighted by Gasteiger charge is 2.22. The number of methoxy groups -OCH3 is 1. The minimum atomic E-state index is -3.68. The molecule has 0 aliphatic carbocycles. The minimum absolute atomic E-state index is 0.0934. The smallest absolute Gasteiger partial charge is 0.339 e. The van der Waals surface area contributed by atoms with Gasteiger partial charge in [-0.25, -0.2) is 13.2 Å². The van der Waals surface area contributed by atoms with Gasteiger partial charge in [-0.15, -0.1) is 0 Å². The number of sulfonamides is 1. The van der Waals surface area contributed by atoms with E-state index in [4.69, 9.17) is 11.6 Å². The molecule has 0 unspecified atom stereocenters. The number of esters is 1. The van der Waals surface area contributed by atoms with Crippen LogP contribution < -0.4 is 9.62 Å². The van der Waals surface area contributed by atoms with Crippen LogP contribution in [0.15, 0.2) is 42.5 Å². The first-order chi connectivity index (χ1) is 12.6. The van der Waals surface area contributed by atoms with Crippen LogP contribution in [-0.4, -0.2) is 40.2 Å². The van der Waals surface area contributed by atoms with Crippen LogP contribution in [0, 0.1) is 6.92 Å². The predicted molar refractivity (Wildman–Crippen MR) is 105 cm³/mol. The van der Waals surface area contributed by atoms with Crippen LogP contribution in [0.25, 0.3) is 0 Å². The van der Waals surface area contributed by atoms with Crippen LogP contribution in [0.5, 0.6) is 0 Å². The molecule has 0 radical (unpaired) electrons. The Labute approximate surface area is 162 Å². The van der Waals surface area contributed by atoms with Crippen molar-refractivity contribution in [2.24, 2.45) is 0 Å². The third kappa shape index (κ3) is 5.21. The van der Waals surface area contributed by atoms with Crippen molar-refractivity contribution in [2.45, 2.75) is 6.92 Å². The summed E-state index contributed by atoms with van der Waals surface area (Å²) in [6, 6.07) is 11.2. The molecule has 9 heteroatoms. The van der Waals surface area contributed by atoms with E-state index in [1.165, 1.54) is 25.3 Å². The van der Waals surface area contributed by atoms with Crippen molar-refractivity contribution in [3.05, 3.63) is 58.6 Å². The number of hydrogen-bond donors (Lipinski definition) is 1. The summed E-state index contributed by atoms with van der Waals surface area (Å²) in [5, 5.41) is 2.75.